The van der Waals surface area contributed by atoms with E-state index < -0.39 is 6.10 Å². The standard InChI is InChI=1S/C18H20N2O3/c1-12-5-6-17(13(2)8-12)23-11-14(21)9-20-10-16-15(18(20)22)4-3-7-19-16/h3-8,14,21H,9-11H2,1-2H3/t14-/m1/s1. The maximum atomic E-state index is 12.2. The van der Waals surface area contributed by atoms with Crippen molar-refractivity contribution in [1.82, 2.24) is 9.88 Å². The van der Waals surface area contributed by atoms with E-state index in [1.807, 2.05) is 32.0 Å². The number of aryl methyl sites for hydroxylation is 2. The first kappa shape index (κ1) is 15.5. The number of rotatable bonds is 5. The summed E-state index contributed by atoms with van der Waals surface area (Å²) in [5.74, 6) is 0.672. The topological polar surface area (TPSA) is 62.7 Å². The van der Waals surface area contributed by atoms with Crippen molar-refractivity contribution in [2.75, 3.05) is 13.2 Å². The number of nitrogens with zero attached hydrogens (tertiary/aromatic N) is 2. The number of β-amino-alcohol motifs (C(OH)–C–C–N with tert-alkyl or cyclic N) is 1. The summed E-state index contributed by atoms with van der Waals surface area (Å²) in [7, 11) is 0. The lowest BCUT2D eigenvalue weighted by atomic mass is 10.1. The van der Waals surface area contributed by atoms with Crippen molar-refractivity contribution in [2.45, 2.75) is 26.5 Å². The Morgan fingerprint density at radius 1 is 1.35 bits per heavy atom. The van der Waals surface area contributed by atoms with E-state index >= 15 is 0 Å². The number of fused-ring (bicyclic) bond motifs is 1. The zero-order valence-corrected chi connectivity index (χ0v) is 13.3. The van der Waals surface area contributed by atoms with Gasteiger partial charge >= 0.3 is 0 Å². The number of ether oxygens (including phenoxy) is 1. The Kier molecular flexibility index (Phi) is 4.30. The summed E-state index contributed by atoms with van der Waals surface area (Å²) in [4.78, 5) is 18.0. The summed E-state index contributed by atoms with van der Waals surface area (Å²) >= 11 is 0. The van der Waals surface area contributed by atoms with Gasteiger partial charge < -0.3 is 14.7 Å². The second-order valence-electron chi connectivity index (χ2n) is 5.92. The number of carbonyl (C=O) groups is 1. The van der Waals surface area contributed by atoms with Crippen LogP contribution in [0.5, 0.6) is 5.75 Å². The van der Waals surface area contributed by atoms with E-state index in [1.165, 1.54) is 5.56 Å². The maximum Gasteiger partial charge on any atom is 0.256 e. The first-order chi connectivity index (χ1) is 11.0. The molecule has 5 heteroatoms. The lowest BCUT2D eigenvalue weighted by molar-refractivity contribution is 0.0517. The zero-order chi connectivity index (χ0) is 16.4. The fraction of sp³-hybridized carbons (Fsp3) is 0.333. The molecular weight excluding hydrogens is 292 g/mol. The lowest BCUT2D eigenvalue weighted by Gasteiger charge is -2.20. The van der Waals surface area contributed by atoms with E-state index in [0.717, 1.165) is 17.0 Å². The highest BCUT2D eigenvalue weighted by Gasteiger charge is 2.29. The molecular formula is C18H20N2O3. The molecule has 0 saturated heterocycles. The average molecular weight is 312 g/mol. The van der Waals surface area contributed by atoms with E-state index in [2.05, 4.69) is 4.98 Å². The molecule has 1 aliphatic heterocycles. The molecule has 1 N–H and O–H groups in total. The number of pyridine rings is 1. The van der Waals surface area contributed by atoms with Crippen LogP contribution in [0.4, 0.5) is 0 Å². The molecule has 1 atom stereocenters. The van der Waals surface area contributed by atoms with Gasteiger partial charge in [0, 0.05) is 6.20 Å². The van der Waals surface area contributed by atoms with Crippen molar-refractivity contribution in [3.63, 3.8) is 0 Å². The molecule has 0 fully saturated rings. The molecule has 2 heterocycles. The number of amides is 1. The minimum Gasteiger partial charge on any atom is -0.491 e. The Hall–Kier alpha value is -2.40. The molecule has 1 amide bonds. The molecule has 0 saturated carbocycles. The summed E-state index contributed by atoms with van der Waals surface area (Å²) in [5.41, 5.74) is 3.59. The molecule has 2 aromatic rings. The van der Waals surface area contributed by atoms with Gasteiger partial charge in [-0.3, -0.25) is 9.78 Å². The second kappa shape index (κ2) is 6.38. The summed E-state index contributed by atoms with van der Waals surface area (Å²) in [6, 6.07) is 9.43. The van der Waals surface area contributed by atoms with Gasteiger partial charge in [-0.25, -0.2) is 0 Å². The Labute approximate surface area is 135 Å². The SMILES string of the molecule is Cc1ccc(OC[C@H](O)CN2Cc3ncccc3C2=O)c(C)c1. The van der Waals surface area contributed by atoms with Gasteiger partial charge in [-0.1, -0.05) is 17.7 Å². The molecule has 0 bridgehead atoms. The molecule has 1 aromatic carbocycles. The number of hydrogen-bond acceptors (Lipinski definition) is 4. The van der Waals surface area contributed by atoms with Gasteiger partial charge in [-0.15, -0.1) is 0 Å². The first-order valence-corrected chi connectivity index (χ1v) is 7.66. The van der Waals surface area contributed by atoms with E-state index in [4.69, 9.17) is 4.74 Å². The number of aliphatic hydroxyl groups is 1. The van der Waals surface area contributed by atoms with Crippen LogP contribution in [-0.2, 0) is 6.54 Å². The van der Waals surface area contributed by atoms with Gasteiger partial charge in [-0.05, 0) is 37.6 Å². The fourth-order valence-corrected chi connectivity index (χ4v) is 2.78. The first-order valence-electron chi connectivity index (χ1n) is 7.66. The highest BCUT2D eigenvalue weighted by Crippen LogP contribution is 2.21. The third kappa shape index (κ3) is 3.35. The van der Waals surface area contributed by atoms with Crippen LogP contribution in [0, 0.1) is 13.8 Å². The molecule has 0 unspecified atom stereocenters. The van der Waals surface area contributed by atoms with Crippen molar-refractivity contribution in [1.29, 1.82) is 0 Å². The Morgan fingerprint density at radius 2 is 2.17 bits per heavy atom. The van der Waals surface area contributed by atoms with E-state index in [-0.39, 0.29) is 19.1 Å². The molecule has 3 rings (SSSR count). The van der Waals surface area contributed by atoms with Crippen LogP contribution in [0.15, 0.2) is 36.5 Å². The Morgan fingerprint density at radius 3 is 2.91 bits per heavy atom. The number of benzene rings is 1. The van der Waals surface area contributed by atoms with Crippen molar-refractivity contribution in [3.05, 3.63) is 58.9 Å². The van der Waals surface area contributed by atoms with Crippen molar-refractivity contribution >= 4 is 5.91 Å². The highest BCUT2D eigenvalue weighted by molar-refractivity contribution is 5.97. The number of hydrogen-bond donors (Lipinski definition) is 1. The van der Waals surface area contributed by atoms with Crippen LogP contribution in [0.2, 0.25) is 0 Å². The van der Waals surface area contributed by atoms with E-state index in [9.17, 15) is 9.90 Å². The van der Waals surface area contributed by atoms with Crippen LogP contribution in [0.25, 0.3) is 0 Å². The molecule has 0 spiro atoms. The number of carbonyl (C=O) groups excluding carboxylic acids is 1. The molecule has 0 radical (unpaired) electrons. The molecule has 1 aromatic heterocycles. The smallest absolute Gasteiger partial charge is 0.256 e. The third-order valence-corrected chi connectivity index (χ3v) is 3.94. The van der Waals surface area contributed by atoms with E-state index in [0.29, 0.717) is 12.1 Å². The van der Waals surface area contributed by atoms with E-state index in [1.54, 1.807) is 23.2 Å². The van der Waals surface area contributed by atoms with Crippen LogP contribution in [-0.4, -0.2) is 40.2 Å². The van der Waals surface area contributed by atoms with Gasteiger partial charge in [0.1, 0.15) is 18.5 Å². The maximum absolute atomic E-state index is 12.2. The van der Waals surface area contributed by atoms with Crippen molar-refractivity contribution in [2.24, 2.45) is 0 Å². The lowest BCUT2D eigenvalue weighted by Crippen LogP contribution is -2.35. The van der Waals surface area contributed by atoms with Gasteiger partial charge in [0.05, 0.1) is 24.3 Å². The second-order valence-corrected chi connectivity index (χ2v) is 5.92. The monoisotopic (exact) mass is 312 g/mol. The summed E-state index contributed by atoms with van der Waals surface area (Å²) < 4.78 is 5.67. The summed E-state index contributed by atoms with van der Waals surface area (Å²) in [5, 5.41) is 10.2. The van der Waals surface area contributed by atoms with Crippen molar-refractivity contribution < 1.29 is 14.6 Å². The molecule has 23 heavy (non-hydrogen) atoms. The summed E-state index contributed by atoms with van der Waals surface area (Å²) in [6.07, 6.45) is 0.934. The summed E-state index contributed by atoms with van der Waals surface area (Å²) in [6.45, 7) is 4.82. The van der Waals surface area contributed by atoms with Crippen LogP contribution < -0.4 is 4.74 Å². The van der Waals surface area contributed by atoms with Gasteiger partial charge in [-0.2, -0.15) is 0 Å². The van der Waals surface area contributed by atoms with Crippen LogP contribution in [0.1, 0.15) is 27.2 Å². The minimum atomic E-state index is -0.742. The average Bonchev–Trinajstić information content (AvgIpc) is 2.83. The predicted molar refractivity (Wildman–Crippen MR) is 86.4 cm³/mol. The van der Waals surface area contributed by atoms with Gasteiger partial charge in [0.15, 0.2) is 0 Å². The normalized spacial score (nSPS) is 14.7. The van der Waals surface area contributed by atoms with Crippen LogP contribution in [0.3, 0.4) is 0 Å². The van der Waals surface area contributed by atoms with Gasteiger partial charge in [0.2, 0.25) is 0 Å². The molecule has 1 aliphatic rings. The van der Waals surface area contributed by atoms with Crippen LogP contribution >= 0.6 is 0 Å². The fourth-order valence-electron chi connectivity index (χ4n) is 2.78. The third-order valence-electron chi connectivity index (χ3n) is 3.94. The molecule has 0 aliphatic carbocycles. The number of aromatic nitrogens is 1. The molecule has 120 valence electrons. The molecule has 5 nitrogen and oxygen atoms in total. The highest BCUT2D eigenvalue weighted by atomic mass is 16.5. The van der Waals surface area contributed by atoms with Gasteiger partial charge in [0.25, 0.3) is 5.91 Å². The minimum absolute atomic E-state index is 0.0846. The largest absolute Gasteiger partial charge is 0.491 e. The Bertz CT molecular complexity index is 730. The Balaban J connectivity index is 1.56. The number of aliphatic hydroxyl groups excluding tert-OH is 1. The zero-order valence-electron chi connectivity index (χ0n) is 13.3. The van der Waals surface area contributed by atoms with Crippen molar-refractivity contribution in [3.8, 4) is 5.75 Å². The quantitative estimate of drug-likeness (QED) is 0.918. The predicted octanol–water partition coefficient (Wildman–Crippen LogP) is 2.09.